The Morgan fingerprint density at radius 2 is 1.69 bits per heavy atom. The molecule has 1 rings (SSSR count). The third-order valence-electron chi connectivity index (χ3n) is 3.50. The van der Waals surface area contributed by atoms with E-state index in [1.165, 1.54) is 0 Å². The Hall–Kier alpha value is -0.160. The maximum atomic E-state index is 5.47. The summed E-state index contributed by atoms with van der Waals surface area (Å²) in [7, 11) is 5.54. The first-order valence-electron chi connectivity index (χ1n) is 6.08. The van der Waals surface area contributed by atoms with E-state index in [1.807, 2.05) is 7.05 Å². The average molecular weight is 230 g/mol. The van der Waals surface area contributed by atoms with E-state index >= 15 is 0 Å². The quantitative estimate of drug-likeness (QED) is 0.723. The molecule has 0 radical (unpaired) electrons. The highest BCUT2D eigenvalue weighted by Crippen LogP contribution is 2.21. The highest BCUT2D eigenvalue weighted by atomic mass is 16.5. The van der Waals surface area contributed by atoms with Crippen LogP contribution >= 0.6 is 0 Å². The maximum absolute atomic E-state index is 5.47. The van der Waals surface area contributed by atoms with Crippen molar-refractivity contribution < 1.29 is 9.47 Å². The first-order chi connectivity index (χ1) is 7.63. The molecular formula is C12H26N2O2. The minimum absolute atomic E-state index is 0.211. The standard InChI is InChI=1S/C12H26N2O2/c1-9(2)10(6-13-3)14-7-11(15-4)12(8-14)16-5/h9-13H,6-8H2,1-5H3. The number of ether oxygens (including phenoxy) is 2. The number of hydrogen-bond donors (Lipinski definition) is 1. The number of nitrogens with one attached hydrogen (secondary N) is 1. The van der Waals surface area contributed by atoms with Crippen LogP contribution in [0, 0.1) is 5.92 Å². The zero-order valence-electron chi connectivity index (χ0n) is 11.2. The van der Waals surface area contributed by atoms with Crippen molar-refractivity contribution >= 4 is 0 Å². The van der Waals surface area contributed by atoms with Gasteiger partial charge in [-0.25, -0.2) is 0 Å². The average Bonchev–Trinajstić information content (AvgIpc) is 2.68. The molecule has 3 unspecified atom stereocenters. The minimum Gasteiger partial charge on any atom is -0.377 e. The van der Waals surface area contributed by atoms with Crippen molar-refractivity contribution in [1.82, 2.24) is 10.2 Å². The molecule has 0 aromatic rings. The zero-order valence-corrected chi connectivity index (χ0v) is 11.2. The molecule has 0 saturated carbocycles. The van der Waals surface area contributed by atoms with Crippen LogP contribution in [-0.4, -0.2) is 64.1 Å². The second-order valence-electron chi connectivity index (χ2n) is 4.87. The number of nitrogens with zero attached hydrogens (tertiary/aromatic N) is 1. The molecule has 1 aliphatic heterocycles. The van der Waals surface area contributed by atoms with Crippen LogP contribution in [0.5, 0.6) is 0 Å². The van der Waals surface area contributed by atoms with Crippen molar-refractivity contribution in [2.24, 2.45) is 5.92 Å². The van der Waals surface area contributed by atoms with E-state index in [4.69, 9.17) is 9.47 Å². The van der Waals surface area contributed by atoms with Crippen LogP contribution < -0.4 is 5.32 Å². The summed E-state index contributed by atoms with van der Waals surface area (Å²) in [5.74, 6) is 0.639. The molecule has 4 nitrogen and oxygen atoms in total. The van der Waals surface area contributed by atoms with E-state index in [0.29, 0.717) is 12.0 Å². The molecule has 4 heteroatoms. The summed E-state index contributed by atoms with van der Waals surface area (Å²) in [6, 6.07) is 0.558. The monoisotopic (exact) mass is 230 g/mol. The smallest absolute Gasteiger partial charge is 0.0971 e. The third kappa shape index (κ3) is 3.17. The Morgan fingerprint density at radius 1 is 1.19 bits per heavy atom. The summed E-state index contributed by atoms with van der Waals surface area (Å²) < 4.78 is 10.9. The van der Waals surface area contributed by atoms with Gasteiger partial charge in [-0.05, 0) is 13.0 Å². The van der Waals surface area contributed by atoms with Gasteiger partial charge in [-0.2, -0.15) is 0 Å². The van der Waals surface area contributed by atoms with Gasteiger partial charge in [0.05, 0.1) is 12.2 Å². The molecule has 0 aliphatic carbocycles. The first-order valence-corrected chi connectivity index (χ1v) is 6.08. The largest absolute Gasteiger partial charge is 0.377 e. The van der Waals surface area contributed by atoms with E-state index < -0.39 is 0 Å². The second-order valence-corrected chi connectivity index (χ2v) is 4.87. The van der Waals surface area contributed by atoms with Crippen LogP contribution in [0.2, 0.25) is 0 Å². The van der Waals surface area contributed by atoms with Crippen molar-refractivity contribution in [3.05, 3.63) is 0 Å². The molecule has 1 heterocycles. The van der Waals surface area contributed by atoms with Gasteiger partial charge >= 0.3 is 0 Å². The van der Waals surface area contributed by atoms with E-state index in [-0.39, 0.29) is 12.2 Å². The fourth-order valence-electron chi connectivity index (χ4n) is 2.49. The molecule has 1 aliphatic rings. The van der Waals surface area contributed by atoms with E-state index in [2.05, 4.69) is 24.1 Å². The highest BCUT2D eigenvalue weighted by molar-refractivity contribution is 4.90. The van der Waals surface area contributed by atoms with Crippen molar-refractivity contribution in [1.29, 1.82) is 0 Å². The van der Waals surface area contributed by atoms with Gasteiger partial charge < -0.3 is 14.8 Å². The van der Waals surface area contributed by atoms with Crippen molar-refractivity contribution in [3.63, 3.8) is 0 Å². The molecule has 0 spiro atoms. The fourth-order valence-corrected chi connectivity index (χ4v) is 2.49. The molecule has 0 aromatic carbocycles. The number of methoxy groups -OCH3 is 2. The van der Waals surface area contributed by atoms with Gasteiger partial charge in [0.25, 0.3) is 0 Å². The van der Waals surface area contributed by atoms with Gasteiger partial charge in [0.1, 0.15) is 0 Å². The summed E-state index contributed by atoms with van der Waals surface area (Å²) in [5.41, 5.74) is 0. The molecule has 1 N–H and O–H groups in total. The van der Waals surface area contributed by atoms with Crippen molar-refractivity contribution in [2.75, 3.05) is 40.9 Å². The predicted molar refractivity (Wildman–Crippen MR) is 65.7 cm³/mol. The molecular weight excluding hydrogens is 204 g/mol. The molecule has 1 fully saturated rings. The maximum Gasteiger partial charge on any atom is 0.0971 e. The van der Waals surface area contributed by atoms with Gasteiger partial charge in [-0.1, -0.05) is 13.8 Å². The number of rotatable bonds is 6. The van der Waals surface area contributed by atoms with Crippen LogP contribution in [0.25, 0.3) is 0 Å². The third-order valence-corrected chi connectivity index (χ3v) is 3.50. The lowest BCUT2D eigenvalue weighted by Crippen LogP contribution is -2.44. The number of hydrogen-bond acceptors (Lipinski definition) is 4. The van der Waals surface area contributed by atoms with Crippen LogP contribution in [0.4, 0.5) is 0 Å². The Bertz CT molecular complexity index is 187. The summed E-state index contributed by atoms with van der Waals surface area (Å²) in [6.45, 7) is 7.50. The van der Waals surface area contributed by atoms with Gasteiger partial charge in [0, 0.05) is 39.9 Å². The van der Waals surface area contributed by atoms with Crippen LogP contribution in [0.1, 0.15) is 13.8 Å². The zero-order chi connectivity index (χ0) is 12.1. The lowest BCUT2D eigenvalue weighted by molar-refractivity contribution is -0.00461. The summed E-state index contributed by atoms with van der Waals surface area (Å²) in [6.07, 6.45) is 0.422. The second kappa shape index (κ2) is 6.55. The Kier molecular flexibility index (Phi) is 5.69. The van der Waals surface area contributed by atoms with E-state index in [1.54, 1.807) is 14.2 Å². The van der Waals surface area contributed by atoms with Crippen LogP contribution in [0.3, 0.4) is 0 Å². The molecule has 0 amide bonds. The van der Waals surface area contributed by atoms with Gasteiger partial charge in [0.2, 0.25) is 0 Å². The van der Waals surface area contributed by atoms with Crippen molar-refractivity contribution in [3.8, 4) is 0 Å². The first kappa shape index (κ1) is 13.9. The Balaban J connectivity index is 2.59. The lowest BCUT2D eigenvalue weighted by atomic mass is 10.0. The summed E-state index contributed by atoms with van der Waals surface area (Å²) in [5, 5.41) is 3.27. The summed E-state index contributed by atoms with van der Waals surface area (Å²) in [4.78, 5) is 2.48. The molecule has 96 valence electrons. The van der Waals surface area contributed by atoms with Gasteiger partial charge in [0.15, 0.2) is 0 Å². The van der Waals surface area contributed by atoms with Crippen LogP contribution in [0.15, 0.2) is 0 Å². The molecule has 3 atom stereocenters. The molecule has 16 heavy (non-hydrogen) atoms. The topological polar surface area (TPSA) is 33.7 Å². The van der Waals surface area contributed by atoms with Gasteiger partial charge in [-0.15, -0.1) is 0 Å². The lowest BCUT2D eigenvalue weighted by Gasteiger charge is -2.30. The Morgan fingerprint density at radius 3 is 2.00 bits per heavy atom. The SMILES string of the molecule is CNCC(C(C)C)N1CC(OC)C(OC)C1. The molecule has 1 saturated heterocycles. The summed E-state index contributed by atoms with van der Waals surface area (Å²) >= 11 is 0. The highest BCUT2D eigenvalue weighted by Gasteiger charge is 2.36. The number of likely N-dealkylation sites (tertiary alicyclic amines) is 1. The normalized spacial score (nSPS) is 28.9. The van der Waals surface area contributed by atoms with E-state index in [9.17, 15) is 0 Å². The van der Waals surface area contributed by atoms with Gasteiger partial charge in [-0.3, -0.25) is 4.90 Å². The molecule has 0 aromatic heterocycles. The molecule has 0 bridgehead atoms. The van der Waals surface area contributed by atoms with E-state index in [0.717, 1.165) is 19.6 Å². The minimum atomic E-state index is 0.211. The number of likely N-dealkylation sites (N-methyl/N-ethyl adjacent to an activating group) is 1. The van der Waals surface area contributed by atoms with Crippen LogP contribution in [-0.2, 0) is 9.47 Å². The fraction of sp³-hybridized carbons (Fsp3) is 1.00. The predicted octanol–water partition coefficient (Wildman–Crippen LogP) is 0.576. The van der Waals surface area contributed by atoms with Crippen molar-refractivity contribution in [2.45, 2.75) is 32.1 Å². The Labute approximate surface area is 99.3 Å².